The lowest BCUT2D eigenvalue weighted by atomic mass is 10.2. The monoisotopic (exact) mass is 314 g/mol. The lowest BCUT2D eigenvalue weighted by Crippen LogP contribution is -2.44. The number of sulfone groups is 1. The Kier molecular flexibility index (Phi) is 5.58. The molecule has 3 N–H and O–H groups in total. The number of aliphatic hydroxyl groups excluding tert-OH is 1. The Bertz CT molecular complexity index is 548. The molecule has 6 nitrogen and oxygen atoms in total. The molecule has 0 amide bonds. The van der Waals surface area contributed by atoms with E-state index >= 15 is 0 Å². The number of nitrogens with two attached hydrogens (primary N) is 1. The Morgan fingerprint density at radius 3 is 2.71 bits per heavy atom. The molecule has 2 rings (SSSR count). The first-order valence-corrected chi connectivity index (χ1v) is 8.83. The first kappa shape index (κ1) is 16.2. The summed E-state index contributed by atoms with van der Waals surface area (Å²) in [5, 5.41) is 9.98. The topological polar surface area (TPSA) is 92.9 Å². The van der Waals surface area contributed by atoms with Crippen LogP contribution < -0.4 is 10.5 Å². The van der Waals surface area contributed by atoms with Gasteiger partial charge in [-0.2, -0.15) is 0 Å². The normalized spacial score (nSPS) is 20.1. The molecule has 21 heavy (non-hydrogen) atoms. The molecule has 0 aliphatic carbocycles. The third-order valence-electron chi connectivity index (χ3n) is 3.48. The molecule has 0 spiro atoms. The number of benzene rings is 1. The van der Waals surface area contributed by atoms with Crippen molar-refractivity contribution >= 4 is 9.84 Å². The predicted octanol–water partition coefficient (Wildman–Crippen LogP) is -0.385. The van der Waals surface area contributed by atoms with E-state index in [1.54, 1.807) is 0 Å². The minimum Gasteiger partial charge on any atom is -0.491 e. The van der Waals surface area contributed by atoms with Crippen molar-refractivity contribution < 1.29 is 18.3 Å². The maximum absolute atomic E-state index is 11.3. The summed E-state index contributed by atoms with van der Waals surface area (Å²) in [5.74, 6) is 1.01. The van der Waals surface area contributed by atoms with Gasteiger partial charge in [-0.3, -0.25) is 4.90 Å². The van der Waals surface area contributed by atoms with Crippen LogP contribution in [0.3, 0.4) is 0 Å². The zero-order valence-corrected chi connectivity index (χ0v) is 12.8. The zero-order valence-electron chi connectivity index (χ0n) is 11.9. The second kappa shape index (κ2) is 7.22. The number of ether oxygens (including phenoxy) is 1. The molecule has 0 saturated carbocycles. The average molecular weight is 314 g/mol. The number of β-amino-alcohol motifs (C(OH)–C–C–N with tert-alkyl or cyclic N) is 1. The highest BCUT2D eigenvalue weighted by molar-refractivity contribution is 7.91. The van der Waals surface area contributed by atoms with Gasteiger partial charge < -0.3 is 15.6 Å². The lowest BCUT2D eigenvalue weighted by molar-refractivity contribution is 0.0710. The van der Waals surface area contributed by atoms with E-state index in [0.717, 1.165) is 5.56 Å². The van der Waals surface area contributed by atoms with E-state index in [4.69, 9.17) is 10.5 Å². The summed E-state index contributed by atoms with van der Waals surface area (Å²) < 4.78 is 28.2. The molecular weight excluding hydrogens is 292 g/mol. The van der Waals surface area contributed by atoms with Crippen LogP contribution in [0.2, 0.25) is 0 Å². The van der Waals surface area contributed by atoms with Gasteiger partial charge in [0.2, 0.25) is 0 Å². The molecule has 1 atom stereocenters. The molecule has 1 heterocycles. The van der Waals surface area contributed by atoms with Crippen molar-refractivity contribution in [3.05, 3.63) is 29.8 Å². The van der Waals surface area contributed by atoms with E-state index in [-0.39, 0.29) is 18.1 Å². The van der Waals surface area contributed by atoms with E-state index < -0.39 is 15.9 Å². The van der Waals surface area contributed by atoms with Crippen LogP contribution in [-0.4, -0.2) is 62.3 Å². The van der Waals surface area contributed by atoms with Crippen LogP contribution in [0.1, 0.15) is 5.56 Å². The fraction of sp³-hybridized carbons (Fsp3) is 0.571. The molecule has 1 aliphatic heterocycles. The molecule has 118 valence electrons. The van der Waals surface area contributed by atoms with Crippen molar-refractivity contribution in [3.63, 3.8) is 0 Å². The van der Waals surface area contributed by atoms with Crippen LogP contribution in [0.25, 0.3) is 0 Å². The summed E-state index contributed by atoms with van der Waals surface area (Å²) in [5.41, 5.74) is 6.53. The molecule has 1 fully saturated rings. The lowest BCUT2D eigenvalue weighted by Gasteiger charge is -2.28. The van der Waals surface area contributed by atoms with E-state index in [9.17, 15) is 13.5 Å². The second-order valence-corrected chi connectivity index (χ2v) is 7.57. The van der Waals surface area contributed by atoms with Gasteiger partial charge in [0.1, 0.15) is 18.5 Å². The Hall–Kier alpha value is -1.15. The predicted molar refractivity (Wildman–Crippen MR) is 80.9 cm³/mol. The van der Waals surface area contributed by atoms with E-state index in [1.807, 2.05) is 29.2 Å². The van der Waals surface area contributed by atoms with Gasteiger partial charge in [0, 0.05) is 26.2 Å². The third kappa shape index (κ3) is 5.28. The van der Waals surface area contributed by atoms with Crippen molar-refractivity contribution in [3.8, 4) is 5.75 Å². The number of aliphatic hydroxyl groups is 1. The molecule has 0 radical (unpaired) electrons. The Labute approximate surface area is 125 Å². The van der Waals surface area contributed by atoms with Crippen molar-refractivity contribution in [2.75, 3.05) is 37.7 Å². The van der Waals surface area contributed by atoms with Crippen LogP contribution in [0, 0.1) is 0 Å². The highest BCUT2D eigenvalue weighted by Gasteiger charge is 2.23. The van der Waals surface area contributed by atoms with Crippen LogP contribution in [0.4, 0.5) is 0 Å². The van der Waals surface area contributed by atoms with E-state index in [1.165, 1.54) is 0 Å². The minimum atomic E-state index is -2.88. The highest BCUT2D eigenvalue weighted by atomic mass is 32.2. The Balaban J connectivity index is 1.76. The van der Waals surface area contributed by atoms with Gasteiger partial charge in [0.15, 0.2) is 9.84 Å². The number of rotatable bonds is 6. The third-order valence-corrected chi connectivity index (χ3v) is 5.09. The highest BCUT2D eigenvalue weighted by Crippen LogP contribution is 2.13. The van der Waals surface area contributed by atoms with Crippen LogP contribution in [-0.2, 0) is 16.4 Å². The fourth-order valence-corrected chi connectivity index (χ4v) is 3.52. The number of hydrogen-bond acceptors (Lipinski definition) is 6. The SMILES string of the molecule is NCc1cccc(OCC(O)CN2CCS(=O)(=O)CC2)c1. The van der Waals surface area contributed by atoms with Gasteiger partial charge in [0.25, 0.3) is 0 Å². The maximum atomic E-state index is 11.3. The maximum Gasteiger partial charge on any atom is 0.152 e. The van der Waals surface area contributed by atoms with Crippen molar-refractivity contribution in [1.29, 1.82) is 0 Å². The van der Waals surface area contributed by atoms with Gasteiger partial charge in [-0.1, -0.05) is 12.1 Å². The molecule has 1 unspecified atom stereocenters. The Morgan fingerprint density at radius 2 is 2.05 bits per heavy atom. The summed E-state index contributed by atoms with van der Waals surface area (Å²) in [6.07, 6.45) is -0.646. The molecule has 0 bridgehead atoms. The van der Waals surface area contributed by atoms with Crippen LogP contribution in [0.5, 0.6) is 5.75 Å². The average Bonchev–Trinajstić information content (AvgIpc) is 2.48. The van der Waals surface area contributed by atoms with E-state index in [2.05, 4.69) is 0 Å². The molecule has 1 aromatic rings. The Morgan fingerprint density at radius 1 is 1.33 bits per heavy atom. The molecule has 1 saturated heterocycles. The van der Waals surface area contributed by atoms with Crippen LogP contribution >= 0.6 is 0 Å². The van der Waals surface area contributed by atoms with Crippen molar-refractivity contribution in [2.45, 2.75) is 12.6 Å². The summed E-state index contributed by atoms with van der Waals surface area (Å²) in [4.78, 5) is 1.95. The number of nitrogens with zero attached hydrogens (tertiary/aromatic N) is 1. The molecular formula is C14H22N2O4S. The minimum absolute atomic E-state index is 0.166. The smallest absolute Gasteiger partial charge is 0.152 e. The summed E-state index contributed by atoms with van der Waals surface area (Å²) in [7, 11) is -2.88. The van der Waals surface area contributed by atoms with Crippen LogP contribution in [0.15, 0.2) is 24.3 Å². The molecule has 1 aromatic carbocycles. The standard InChI is InChI=1S/C14H22N2O4S/c15-9-12-2-1-3-14(8-12)20-11-13(17)10-16-4-6-21(18,19)7-5-16/h1-3,8,13,17H,4-7,9-11,15H2. The largest absolute Gasteiger partial charge is 0.491 e. The molecule has 7 heteroatoms. The first-order valence-electron chi connectivity index (χ1n) is 7.01. The molecule has 1 aliphatic rings. The van der Waals surface area contributed by atoms with Gasteiger partial charge in [-0.25, -0.2) is 8.42 Å². The van der Waals surface area contributed by atoms with Gasteiger partial charge in [-0.15, -0.1) is 0 Å². The summed E-state index contributed by atoms with van der Waals surface area (Å²) >= 11 is 0. The number of hydrogen-bond donors (Lipinski definition) is 2. The van der Waals surface area contributed by atoms with Crippen molar-refractivity contribution in [2.24, 2.45) is 5.73 Å². The quantitative estimate of drug-likeness (QED) is 0.743. The van der Waals surface area contributed by atoms with Gasteiger partial charge in [-0.05, 0) is 17.7 Å². The fourth-order valence-electron chi connectivity index (χ4n) is 2.24. The summed E-state index contributed by atoms with van der Waals surface area (Å²) in [6, 6.07) is 7.44. The van der Waals surface area contributed by atoms with Gasteiger partial charge >= 0.3 is 0 Å². The zero-order chi connectivity index (χ0) is 15.3. The summed E-state index contributed by atoms with van der Waals surface area (Å²) in [6.45, 7) is 2.00. The second-order valence-electron chi connectivity index (χ2n) is 5.27. The molecule has 0 aromatic heterocycles. The van der Waals surface area contributed by atoms with E-state index in [0.29, 0.717) is 31.9 Å². The van der Waals surface area contributed by atoms with Crippen molar-refractivity contribution in [1.82, 2.24) is 4.90 Å². The van der Waals surface area contributed by atoms with Gasteiger partial charge in [0.05, 0.1) is 11.5 Å². The first-order chi connectivity index (χ1) is 9.98.